The quantitative estimate of drug-likeness (QED) is 0.800. The lowest BCUT2D eigenvalue weighted by Gasteiger charge is -2.21. The zero-order chi connectivity index (χ0) is 12.3. The average molecular weight is 343 g/mol. The molecule has 1 heterocycles. The van der Waals surface area contributed by atoms with E-state index in [4.69, 9.17) is 0 Å². The van der Waals surface area contributed by atoms with Crippen molar-refractivity contribution in [2.45, 2.75) is 6.92 Å². The van der Waals surface area contributed by atoms with E-state index in [2.05, 4.69) is 32.6 Å². The standard InChI is InChI=1S/C12H11FIN3/c1-2-17(11-6-4-3-5-10(11)13)12-15-7-9(14)8-16-12/h3-8H,2H2,1H3. The van der Waals surface area contributed by atoms with Crippen molar-refractivity contribution in [1.29, 1.82) is 0 Å². The summed E-state index contributed by atoms with van der Waals surface area (Å²) in [4.78, 5) is 10.2. The van der Waals surface area contributed by atoms with Gasteiger partial charge in [-0.05, 0) is 41.6 Å². The van der Waals surface area contributed by atoms with E-state index < -0.39 is 0 Å². The van der Waals surface area contributed by atoms with Crippen molar-refractivity contribution in [3.63, 3.8) is 0 Å². The zero-order valence-corrected chi connectivity index (χ0v) is 11.4. The molecule has 0 amide bonds. The Hall–Kier alpha value is -1.24. The first-order valence-corrected chi connectivity index (χ1v) is 6.30. The molecule has 0 atom stereocenters. The summed E-state index contributed by atoms with van der Waals surface area (Å²) in [5.74, 6) is 0.245. The third kappa shape index (κ3) is 2.71. The maximum Gasteiger partial charge on any atom is 0.229 e. The van der Waals surface area contributed by atoms with Crippen molar-refractivity contribution in [2.24, 2.45) is 0 Å². The first-order valence-electron chi connectivity index (χ1n) is 5.22. The largest absolute Gasteiger partial charge is 0.308 e. The molecule has 2 aromatic rings. The van der Waals surface area contributed by atoms with E-state index in [0.717, 1.165) is 3.57 Å². The van der Waals surface area contributed by atoms with Crippen LogP contribution >= 0.6 is 22.6 Å². The lowest BCUT2D eigenvalue weighted by molar-refractivity contribution is 0.624. The summed E-state index contributed by atoms with van der Waals surface area (Å²) in [6.45, 7) is 2.55. The molecule has 3 nitrogen and oxygen atoms in total. The van der Waals surface area contributed by atoms with Gasteiger partial charge in [0.2, 0.25) is 5.95 Å². The van der Waals surface area contributed by atoms with Gasteiger partial charge in [-0.3, -0.25) is 0 Å². The van der Waals surface area contributed by atoms with Gasteiger partial charge in [-0.15, -0.1) is 0 Å². The second-order valence-corrected chi connectivity index (χ2v) is 4.64. The summed E-state index contributed by atoms with van der Waals surface area (Å²) in [5, 5.41) is 0. The summed E-state index contributed by atoms with van der Waals surface area (Å²) in [5.41, 5.74) is 0.496. The summed E-state index contributed by atoms with van der Waals surface area (Å²) in [6.07, 6.45) is 3.43. The van der Waals surface area contributed by atoms with Crippen LogP contribution in [0.15, 0.2) is 36.7 Å². The third-order valence-electron chi connectivity index (χ3n) is 2.31. The normalized spacial score (nSPS) is 10.3. The van der Waals surface area contributed by atoms with Crippen molar-refractivity contribution in [1.82, 2.24) is 9.97 Å². The van der Waals surface area contributed by atoms with E-state index in [1.807, 2.05) is 6.92 Å². The molecular formula is C12H11FIN3. The van der Waals surface area contributed by atoms with E-state index in [0.29, 0.717) is 18.2 Å². The summed E-state index contributed by atoms with van der Waals surface area (Å²) < 4.78 is 14.6. The highest BCUT2D eigenvalue weighted by Crippen LogP contribution is 2.24. The SMILES string of the molecule is CCN(c1ncc(I)cn1)c1ccccc1F. The average Bonchev–Trinajstić information content (AvgIpc) is 2.35. The molecule has 0 aliphatic carbocycles. The number of para-hydroxylation sites is 1. The van der Waals surface area contributed by atoms with Crippen LogP contribution in [0.3, 0.4) is 0 Å². The third-order valence-corrected chi connectivity index (χ3v) is 2.86. The number of aromatic nitrogens is 2. The Labute approximate surface area is 113 Å². The summed E-state index contributed by atoms with van der Waals surface area (Å²) in [6, 6.07) is 6.63. The number of hydrogen-bond donors (Lipinski definition) is 0. The second kappa shape index (κ2) is 5.39. The van der Waals surface area contributed by atoms with Crippen molar-refractivity contribution in [3.05, 3.63) is 46.0 Å². The minimum atomic E-state index is -0.267. The number of benzene rings is 1. The highest BCUT2D eigenvalue weighted by Gasteiger charge is 2.13. The fourth-order valence-electron chi connectivity index (χ4n) is 1.53. The van der Waals surface area contributed by atoms with Crippen LogP contribution in [0.2, 0.25) is 0 Å². The van der Waals surface area contributed by atoms with Crippen molar-refractivity contribution >= 4 is 34.2 Å². The number of nitrogens with zero attached hydrogens (tertiary/aromatic N) is 3. The van der Waals surface area contributed by atoms with Crippen LogP contribution in [0.25, 0.3) is 0 Å². The molecule has 0 N–H and O–H groups in total. The maximum absolute atomic E-state index is 13.7. The topological polar surface area (TPSA) is 29.0 Å². The summed E-state index contributed by atoms with van der Waals surface area (Å²) in [7, 11) is 0. The first kappa shape index (κ1) is 12.2. The van der Waals surface area contributed by atoms with Crippen LogP contribution in [0, 0.1) is 9.39 Å². The maximum atomic E-state index is 13.7. The van der Waals surface area contributed by atoms with Crippen molar-refractivity contribution < 1.29 is 4.39 Å². The Morgan fingerprint density at radius 2 is 1.88 bits per heavy atom. The van der Waals surface area contributed by atoms with Crippen LogP contribution in [0.4, 0.5) is 16.0 Å². The molecule has 2 rings (SSSR count). The number of hydrogen-bond acceptors (Lipinski definition) is 3. The van der Waals surface area contributed by atoms with Gasteiger partial charge in [0.1, 0.15) is 5.82 Å². The van der Waals surface area contributed by atoms with Crippen LogP contribution < -0.4 is 4.90 Å². The number of halogens is 2. The zero-order valence-electron chi connectivity index (χ0n) is 9.27. The minimum absolute atomic E-state index is 0.267. The van der Waals surface area contributed by atoms with E-state index in [-0.39, 0.29) is 5.82 Å². The monoisotopic (exact) mass is 343 g/mol. The van der Waals surface area contributed by atoms with Gasteiger partial charge in [0, 0.05) is 22.5 Å². The van der Waals surface area contributed by atoms with Gasteiger partial charge in [0.15, 0.2) is 0 Å². The molecule has 0 saturated carbocycles. The molecule has 0 aliphatic heterocycles. The van der Waals surface area contributed by atoms with E-state index in [1.165, 1.54) is 6.07 Å². The van der Waals surface area contributed by atoms with Crippen LogP contribution in [0.1, 0.15) is 6.92 Å². The molecule has 88 valence electrons. The molecule has 1 aromatic carbocycles. The first-order chi connectivity index (χ1) is 8.22. The molecule has 0 radical (unpaired) electrons. The molecule has 0 spiro atoms. The molecule has 0 saturated heterocycles. The Bertz CT molecular complexity index is 501. The molecule has 5 heteroatoms. The van der Waals surface area contributed by atoms with E-state index in [9.17, 15) is 4.39 Å². The van der Waals surface area contributed by atoms with Gasteiger partial charge in [-0.25, -0.2) is 14.4 Å². The number of rotatable bonds is 3. The Morgan fingerprint density at radius 3 is 2.47 bits per heavy atom. The summed E-state index contributed by atoms with van der Waals surface area (Å²) >= 11 is 2.14. The van der Waals surface area contributed by atoms with Gasteiger partial charge >= 0.3 is 0 Å². The molecule has 0 unspecified atom stereocenters. The Morgan fingerprint density at radius 1 is 1.24 bits per heavy atom. The van der Waals surface area contributed by atoms with E-state index in [1.54, 1.807) is 35.5 Å². The van der Waals surface area contributed by atoms with Gasteiger partial charge in [-0.2, -0.15) is 0 Å². The van der Waals surface area contributed by atoms with E-state index >= 15 is 0 Å². The van der Waals surface area contributed by atoms with Gasteiger partial charge < -0.3 is 4.90 Å². The second-order valence-electron chi connectivity index (χ2n) is 3.40. The Balaban J connectivity index is 2.40. The van der Waals surface area contributed by atoms with Gasteiger partial charge in [-0.1, -0.05) is 12.1 Å². The Kier molecular flexibility index (Phi) is 3.88. The highest BCUT2D eigenvalue weighted by atomic mass is 127. The lowest BCUT2D eigenvalue weighted by atomic mass is 10.3. The van der Waals surface area contributed by atoms with Crippen molar-refractivity contribution in [2.75, 3.05) is 11.4 Å². The van der Waals surface area contributed by atoms with Crippen LogP contribution in [0.5, 0.6) is 0 Å². The molecule has 0 aliphatic rings. The van der Waals surface area contributed by atoms with Crippen molar-refractivity contribution in [3.8, 4) is 0 Å². The lowest BCUT2D eigenvalue weighted by Crippen LogP contribution is -2.19. The predicted molar refractivity (Wildman–Crippen MR) is 73.8 cm³/mol. The van der Waals surface area contributed by atoms with Crippen LogP contribution in [-0.4, -0.2) is 16.5 Å². The molecule has 1 aromatic heterocycles. The van der Waals surface area contributed by atoms with Crippen LogP contribution in [-0.2, 0) is 0 Å². The molecule has 17 heavy (non-hydrogen) atoms. The fraction of sp³-hybridized carbons (Fsp3) is 0.167. The number of anilines is 2. The predicted octanol–water partition coefficient (Wildman–Crippen LogP) is 3.38. The smallest absolute Gasteiger partial charge is 0.229 e. The van der Waals surface area contributed by atoms with Gasteiger partial charge in [0.25, 0.3) is 0 Å². The molecule has 0 bridgehead atoms. The fourth-order valence-corrected chi connectivity index (χ4v) is 1.81. The minimum Gasteiger partial charge on any atom is -0.308 e. The highest BCUT2D eigenvalue weighted by molar-refractivity contribution is 14.1. The molecule has 0 fully saturated rings. The van der Waals surface area contributed by atoms with Gasteiger partial charge in [0.05, 0.1) is 5.69 Å². The molecular weight excluding hydrogens is 332 g/mol.